The molecule has 0 saturated carbocycles. The van der Waals surface area contributed by atoms with Crippen LogP contribution in [0.3, 0.4) is 0 Å². The van der Waals surface area contributed by atoms with Crippen LogP contribution in [0.5, 0.6) is 0 Å². The van der Waals surface area contributed by atoms with E-state index >= 15 is 0 Å². The first-order valence-electron chi connectivity index (χ1n) is 9.12. The van der Waals surface area contributed by atoms with Crippen LogP contribution in [0.15, 0.2) is 85.3 Å². The molecule has 0 saturated heterocycles. The lowest BCUT2D eigenvalue weighted by Crippen LogP contribution is -2.26. The van der Waals surface area contributed by atoms with Crippen molar-refractivity contribution in [3.8, 4) is 0 Å². The van der Waals surface area contributed by atoms with E-state index in [4.69, 9.17) is 0 Å². The van der Waals surface area contributed by atoms with Crippen LogP contribution < -0.4 is 9.80 Å². The van der Waals surface area contributed by atoms with E-state index in [-0.39, 0.29) is 0 Å². The van der Waals surface area contributed by atoms with Crippen molar-refractivity contribution in [1.29, 1.82) is 0 Å². The van der Waals surface area contributed by atoms with Gasteiger partial charge in [0.05, 0.1) is 6.67 Å². The molecule has 2 aromatic carbocycles. The normalized spacial score (nSPS) is 19.2. The molecule has 4 rings (SSSR count). The van der Waals surface area contributed by atoms with E-state index in [2.05, 4.69) is 100 Å². The van der Waals surface area contributed by atoms with E-state index in [0.29, 0.717) is 5.92 Å². The van der Waals surface area contributed by atoms with E-state index in [9.17, 15) is 0 Å². The largest absolute Gasteiger partial charge is 0.358 e. The van der Waals surface area contributed by atoms with Gasteiger partial charge >= 0.3 is 0 Å². The third-order valence-corrected chi connectivity index (χ3v) is 4.96. The molecule has 0 aromatic heterocycles. The molecule has 0 bridgehead atoms. The van der Waals surface area contributed by atoms with Gasteiger partial charge < -0.3 is 14.7 Å². The highest BCUT2D eigenvalue weighted by atomic mass is 15.3. The van der Waals surface area contributed by atoms with E-state index in [1.807, 2.05) is 0 Å². The Morgan fingerprint density at radius 3 is 2.16 bits per heavy atom. The van der Waals surface area contributed by atoms with Crippen molar-refractivity contribution in [3.05, 3.63) is 85.3 Å². The Morgan fingerprint density at radius 1 is 0.760 bits per heavy atom. The highest BCUT2D eigenvalue weighted by Gasteiger charge is 2.18. The Kier molecular flexibility index (Phi) is 4.73. The summed E-state index contributed by atoms with van der Waals surface area (Å²) in [6.45, 7) is 3.19. The number of nitrogens with zero attached hydrogens (tertiary/aromatic N) is 3. The van der Waals surface area contributed by atoms with Crippen LogP contribution in [0, 0.1) is 5.92 Å². The van der Waals surface area contributed by atoms with Gasteiger partial charge in [0.15, 0.2) is 0 Å². The van der Waals surface area contributed by atoms with Gasteiger partial charge in [-0.3, -0.25) is 0 Å². The molecule has 3 heteroatoms. The highest BCUT2D eigenvalue weighted by Crippen LogP contribution is 2.24. The van der Waals surface area contributed by atoms with E-state index in [1.165, 1.54) is 24.2 Å². The van der Waals surface area contributed by atoms with Crippen LogP contribution in [0.4, 0.5) is 11.4 Å². The quantitative estimate of drug-likeness (QED) is 0.762. The van der Waals surface area contributed by atoms with Crippen molar-refractivity contribution in [2.24, 2.45) is 5.92 Å². The van der Waals surface area contributed by atoms with Gasteiger partial charge in [-0.1, -0.05) is 42.5 Å². The van der Waals surface area contributed by atoms with Crippen LogP contribution in [0.2, 0.25) is 0 Å². The minimum atomic E-state index is 0.664. The first-order chi connectivity index (χ1) is 12.4. The second-order valence-electron chi connectivity index (χ2n) is 6.79. The lowest BCUT2D eigenvalue weighted by molar-refractivity contribution is 0.382. The van der Waals surface area contributed by atoms with Gasteiger partial charge in [-0.05, 0) is 43.0 Å². The average Bonchev–Trinajstić information content (AvgIpc) is 3.33. The smallest absolute Gasteiger partial charge is 0.0941 e. The number of benzene rings is 2. The Morgan fingerprint density at radius 2 is 1.44 bits per heavy atom. The number of anilines is 2. The Labute approximate surface area is 150 Å². The Balaban J connectivity index is 1.20. The van der Waals surface area contributed by atoms with Gasteiger partial charge in [0.25, 0.3) is 0 Å². The first kappa shape index (κ1) is 15.8. The molecule has 0 aliphatic carbocycles. The summed E-state index contributed by atoms with van der Waals surface area (Å²) >= 11 is 0. The maximum absolute atomic E-state index is 2.40. The molecule has 0 N–H and O–H groups in total. The third kappa shape index (κ3) is 3.87. The van der Waals surface area contributed by atoms with Gasteiger partial charge in [-0.2, -0.15) is 0 Å². The van der Waals surface area contributed by atoms with Crippen LogP contribution in [0.25, 0.3) is 0 Å². The topological polar surface area (TPSA) is 9.72 Å². The zero-order chi connectivity index (χ0) is 16.9. The van der Waals surface area contributed by atoms with Crippen LogP contribution in [-0.4, -0.2) is 24.7 Å². The molecule has 3 nitrogen and oxygen atoms in total. The molecule has 2 aromatic rings. The molecule has 0 amide bonds. The number of hydrogen-bond donors (Lipinski definition) is 0. The Bertz CT molecular complexity index is 660. The van der Waals surface area contributed by atoms with E-state index in [1.54, 1.807) is 0 Å². The maximum Gasteiger partial charge on any atom is 0.0941 e. The molecule has 0 radical (unpaired) electrons. The number of hydrogen-bond acceptors (Lipinski definition) is 3. The van der Waals surface area contributed by atoms with Gasteiger partial charge in [0.2, 0.25) is 0 Å². The predicted molar refractivity (Wildman–Crippen MR) is 105 cm³/mol. The van der Waals surface area contributed by atoms with E-state index in [0.717, 1.165) is 19.8 Å². The summed E-state index contributed by atoms with van der Waals surface area (Å²) in [6, 6.07) is 21.2. The fraction of sp³-hybridized carbons (Fsp3) is 0.273. The fourth-order valence-electron chi connectivity index (χ4n) is 3.55. The second kappa shape index (κ2) is 7.47. The van der Waals surface area contributed by atoms with Gasteiger partial charge in [-0.15, -0.1) is 0 Å². The lowest BCUT2D eigenvalue weighted by atomic mass is 10.0. The molecular weight excluding hydrogens is 306 g/mol. The van der Waals surface area contributed by atoms with Gasteiger partial charge in [0.1, 0.15) is 0 Å². The third-order valence-electron chi connectivity index (χ3n) is 4.96. The summed E-state index contributed by atoms with van der Waals surface area (Å²) in [5.41, 5.74) is 2.56. The zero-order valence-electron chi connectivity index (χ0n) is 14.5. The van der Waals surface area contributed by atoms with Crippen molar-refractivity contribution in [2.45, 2.75) is 12.8 Å². The summed E-state index contributed by atoms with van der Waals surface area (Å²) in [6.07, 6.45) is 11.5. The molecule has 0 fully saturated rings. The molecule has 0 spiro atoms. The second-order valence-corrected chi connectivity index (χ2v) is 6.79. The minimum absolute atomic E-state index is 0.664. The maximum atomic E-state index is 2.40. The SMILES string of the molecule is C1=CN(c2ccccc2)CC1CCCN1C=CN(c2ccccc2)C1. The van der Waals surface area contributed by atoms with Gasteiger partial charge in [0, 0.05) is 43.1 Å². The van der Waals surface area contributed by atoms with Crippen molar-refractivity contribution in [2.75, 3.05) is 29.6 Å². The lowest BCUT2D eigenvalue weighted by Gasteiger charge is -2.22. The highest BCUT2D eigenvalue weighted by molar-refractivity contribution is 5.51. The molecule has 25 heavy (non-hydrogen) atoms. The van der Waals surface area contributed by atoms with Crippen LogP contribution >= 0.6 is 0 Å². The average molecular weight is 331 g/mol. The van der Waals surface area contributed by atoms with E-state index < -0.39 is 0 Å². The fourth-order valence-corrected chi connectivity index (χ4v) is 3.55. The van der Waals surface area contributed by atoms with Crippen LogP contribution in [0.1, 0.15) is 12.8 Å². The van der Waals surface area contributed by atoms with Gasteiger partial charge in [-0.25, -0.2) is 0 Å². The molecular formula is C22H25N3. The summed E-state index contributed by atoms with van der Waals surface area (Å²) < 4.78 is 0. The van der Waals surface area contributed by atoms with Crippen molar-refractivity contribution in [1.82, 2.24) is 4.90 Å². The van der Waals surface area contributed by atoms with Crippen molar-refractivity contribution in [3.63, 3.8) is 0 Å². The molecule has 2 aliphatic rings. The standard InChI is InChI=1S/C22H25N3/c1-3-9-21(10-4-1)24-15-13-20(18-24)8-7-14-23-16-17-25(19-23)22-11-5-2-6-12-22/h1-6,9-13,15-17,20H,7-8,14,18-19H2. The minimum Gasteiger partial charge on any atom is -0.358 e. The zero-order valence-corrected chi connectivity index (χ0v) is 14.5. The summed E-state index contributed by atoms with van der Waals surface area (Å²) in [4.78, 5) is 7.06. The first-order valence-corrected chi connectivity index (χ1v) is 9.12. The molecule has 1 atom stereocenters. The Hall–Kier alpha value is -2.68. The molecule has 2 heterocycles. The number of para-hydroxylation sites is 2. The van der Waals surface area contributed by atoms with Crippen LogP contribution in [-0.2, 0) is 0 Å². The summed E-state index contributed by atoms with van der Waals surface area (Å²) in [5.74, 6) is 0.664. The monoisotopic (exact) mass is 331 g/mol. The molecule has 1 unspecified atom stereocenters. The molecule has 2 aliphatic heterocycles. The predicted octanol–water partition coefficient (Wildman–Crippen LogP) is 4.67. The summed E-state index contributed by atoms with van der Waals surface area (Å²) in [5, 5.41) is 0. The van der Waals surface area contributed by atoms with Crippen molar-refractivity contribution < 1.29 is 0 Å². The summed E-state index contributed by atoms with van der Waals surface area (Å²) in [7, 11) is 0. The number of rotatable bonds is 6. The van der Waals surface area contributed by atoms with Crippen molar-refractivity contribution >= 4 is 11.4 Å². The molecule has 128 valence electrons.